The van der Waals surface area contributed by atoms with Crippen LogP contribution in [0.2, 0.25) is 0 Å². The third-order valence-electron chi connectivity index (χ3n) is 7.57. The molecule has 10 N–H and O–H groups in total. The zero-order valence-corrected chi connectivity index (χ0v) is 22.8. The summed E-state index contributed by atoms with van der Waals surface area (Å²) in [5, 5.41) is 104. The van der Waals surface area contributed by atoms with Crippen LogP contribution in [-0.4, -0.2) is 111 Å². The molecule has 4 rings (SSSR count). The Morgan fingerprint density at radius 1 is 0.864 bits per heavy atom. The maximum atomic E-state index is 14.1. The van der Waals surface area contributed by atoms with Gasteiger partial charge in [0.25, 0.3) is 0 Å². The Kier molecular flexibility index (Phi) is 9.25. The first-order valence-electron chi connectivity index (χ1n) is 13.2. The van der Waals surface area contributed by atoms with E-state index in [2.05, 4.69) is 0 Å². The summed E-state index contributed by atoms with van der Waals surface area (Å²) in [5.41, 5.74) is -5.11. The Labute approximate surface area is 249 Å². The van der Waals surface area contributed by atoms with Crippen molar-refractivity contribution < 1.29 is 70.2 Å². The number of carbonyl (C=O) groups excluding carboxylic acids is 2. The van der Waals surface area contributed by atoms with E-state index >= 15 is 0 Å². The van der Waals surface area contributed by atoms with Gasteiger partial charge in [-0.25, -0.2) is 0 Å². The van der Waals surface area contributed by atoms with Crippen LogP contribution < -0.4 is 0 Å². The van der Waals surface area contributed by atoms with E-state index in [1.807, 2.05) is 0 Å². The maximum absolute atomic E-state index is 14.1. The van der Waals surface area contributed by atoms with Crippen LogP contribution in [0.4, 0.5) is 0 Å². The maximum Gasteiger partial charge on any atom is 0.304 e. The largest absolute Gasteiger partial charge is 0.508 e. The molecular weight excluding hydrogens is 584 g/mol. The van der Waals surface area contributed by atoms with E-state index in [1.54, 1.807) is 0 Å². The van der Waals surface area contributed by atoms with Crippen LogP contribution in [0.15, 0.2) is 77.3 Å². The van der Waals surface area contributed by atoms with Gasteiger partial charge >= 0.3 is 5.97 Å². The van der Waals surface area contributed by atoms with E-state index in [-0.39, 0.29) is 17.1 Å². The number of carboxylic acids is 1. The summed E-state index contributed by atoms with van der Waals surface area (Å²) in [7, 11) is 0. The van der Waals surface area contributed by atoms with Crippen molar-refractivity contribution in [1.29, 1.82) is 0 Å². The van der Waals surface area contributed by atoms with Gasteiger partial charge in [-0.3, -0.25) is 14.4 Å². The molecule has 0 bridgehead atoms. The molecule has 1 heterocycles. The van der Waals surface area contributed by atoms with Crippen LogP contribution in [0.3, 0.4) is 0 Å². The topological polar surface area (TPSA) is 263 Å². The van der Waals surface area contributed by atoms with E-state index in [4.69, 9.17) is 4.74 Å². The number of ketones is 2. The number of carbonyl (C=O) groups is 3. The number of phenols is 2. The van der Waals surface area contributed by atoms with Gasteiger partial charge in [-0.1, -0.05) is 30.3 Å². The number of hydrogen-bond donors (Lipinski definition) is 10. The zero-order chi connectivity index (χ0) is 32.5. The summed E-state index contributed by atoms with van der Waals surface area (Å²) >= 11 is 0. The number of hydrogen-bond acceptors (Lipinski definition) is 13. The summed E-state index contributed by atoms with van der Waals surface area (Å²) in [6.07, 6.45) is -9.28. The smallest absolute Gasteiger partial charge is 0.304 e. The Balaban J connectivity index is 1.98. The lowest BCUT2D eigenvalue weighted by Crippen LogP contribution is -2.71. The molecule has 2 aromatic rings. The first-order chi connectivity index (χ1) is 20.7. The molecule has 1 aliphatic carbocycles. The molecule has 44 heavy (non-hydrogen) atoms. The summed E-state index contributed by atoms with van der Waals surface area (Å²) in [4.78, 5) is 39.8. The van der Waals surface area contributed by atoms with Crippen LogP contribution in [-0.2, 0) is 19.1 Å². The van der Waals surface area contributed by atoms with Gasteiger partial charge in [0.15, 0.2) is 0 Å². The molecule has 0 amide bonds. The van der Waals surface area contributed by atoms with Gasteiger partial charge in [0.1, 0.15) is 59.1 Å². The minimum absolute atomic E-state index is 0.0177. The highest BCUT2D eigenvalue weighted by Gasteiger charge is 2.64. The zero-order valence-electron chi connectivity index (χ0n) is 22.8. The lowest BCUT2D eigenvalue weighted by Gasteiger charge is -2.47. The van der Waals surface area contributed by atoms with Crippen molar-refractivity contribution in [3.05, 3.63) is 88.4 Å². The van der Waals surface area contributed by atoms with Gasteiger partial charge in [-0.15, -0.1) is 0 Å². The molecule has 1 fully saturated rings. The number of rotatable bonds is 8. The predicted octanol–water partition coefficient (Wildman–Crippen LogP) is -0.281. The monoisotopic (exact) mass is 614 g/mol. The number of carboxylic acid groups (broad SMARTS) is 1. The van der Waals surface area contributed by atoms with Crippen molar-refractivity contribution in [1.82, 2.24) is 0 Å². The van der Waals surface area contributed by atoms with Gasteiger partial charge < -0.3 is 55.8 Å². The number of aliphatic carboxylic acids is 1. The van der Waals surface area contributed by atoms with Crippen molar-refractivity contribution >= 4 is 23.6 Å². The summed E-state index contributed by atoms with van der Waals surface area (Å²) in [5.74, 6) is -9.00. The fourth-order valence-electron chi connectivity index (χ4n) is 5.23. The summed E-state index contributed by atoms with van der Waals surface area (Å²) < 4.78 is 5.35. The van der Waals surface area contributed by atoms with Crippen molar-refractivity contribution in [3.8, 4) is 11.5 Å². The van der Waals surface area contributed by atoms with Crippen molar-refractivity contribution in [2.75, 3.05) is 6.61 Å². The normalized spacial score (nSPS) is 29.6. The van der Waals surface area contributed by atoms with Gasteiger partial charge in [0.05, 0.1) is 13.0 Å². The molecular formula is C30H30O14. The summed E-state index contributed by atoms with van der Waals surface area (Å²) in [6, 6.07) is 10.2. The molecule has 0 radical (unpaired) electrons. The van der Waals surface area contributed by atoms with Gasteiger partial charge in [-0.05, 0) is 41.5 Å². The minimum Gasteiger partial charge on any atom is -0.508 e. The van der Waals surface area contributed by atoms with E-state index in [1.165, 1.54) is 42.5 Å². The van der Waals surface area contributed by atoms with E-state index in [9.17, 15) is 65.4 Å². The molecule has 2 aromatic carbocycles. The van der Waals surface area contributed by atoms with Crippen molar-refractivity contribution in [2.24, 2.45) is 0 Å². The second kappa shape index (κ2) is 12.6. The molecule has 234 valence electrons. The molecule has 2 aliphatic rings. The Bertz CT molecular complexity index is 1520. The molecule has 0 spiro atoms. The van der Waals surface area contributed by atoms with Crippen LogP contribution in [0.25, 0.3) is 6.08 Å². The standard InChI is InChI=1S/C30H30O14/c31-12-19-23(37)25(39)26(40)29(44-19)30(43)27(41)21(17(11-20(35)36)14-4-8-16(33)9-5-14)24(38)22(28(30)42)18(34)10-3-13-1-6-15(32)7-2-13/h1-10,17,19,23,25-26,29,31-34,37-40,43H,11-12H2,(H,35,36). The van der Waals surface area contributed by atoms with Gasteiger partial charge in [0.2, 0.25) is 17.2 Å². The third kappa shape index (κ3) is 5.81. The molecule has 1 saturated heterocycles. The second-order valence-corrected chi connectivity index (χ2v) is 10.4. The van der Waals surface area contributed by atoms with Crippen LogP contribution in [0.5, 0.6) is 11.5 Å². The van der Waals surface area contributed by atoms with Crippen molar-refractivity contribution in [3.63, 3.8) is 0 Å². The lowest BCUT2D eigenvalue weighted by atomic mass is 9.67. The number of ether oxygens (including phenoxy) is 1. The fourth-order valence-corrected chi connectivity index (χ4v) is 5.23. The second-order valence-electron chi connectivity index (χ2n) is 10.4. The van der Waals surface area contributed by atoms with Gasteiger partial charge in [-0.2, -0.15) is 0 Å². The molecule has 1 aliphatic heterocycles. The average Bonchev–Trinajstić information content (AvgIpc) is 2.98. The first-order valence-corrected chi connectivity index (χ1v) is 13.2. The molecule has 0 saturated carbocycles. The highest BCUT2D eigenvalue weighted by Crippen LogP contribution is 2.44. The van der Waals surface area contributed by atoms with E-state index in [0.29, 0.717) is 5.56 Å². The minimum atomic E-state index is -3.54. The highest BCUT2D eigenvalue weighted by molar-refractivity contribution is 6.28. The molecule has 0 aromatic heterocycles. The van der Waals surface area contributed by atoms with Crippen LogP contribution >= 0.6 is 0 Å². The van der Waals surface area contributed by atoms with E-state index in [0.717, 1.165) is 18.2 Å². The number of phenolic OH excluding ortho intramolecular Hbond substituents is 2. The Morgan fingerprint density at radius 3 is 1.98 bits per heavy atom. The molecule has 7 unspecified atom stereocenters. The van der Waals surface area contributed by atoms with Crippen LogP contribution in [0, 0.1) is 0 Å². The molecule has 7 atom stereocenters. The third-order valence-corrected chi connectivity index (χ3v) is 7.57. The SMILES string of the molecule is O=C(O)CC(C1=C(O)C(=C(O)C=Cc2ccc(O)cc2)C(=O)C(O)(C2OC(CO)C(O)C(O)C2O)C1=O)c1ccc(O)cc1. The summed E-state index contributed by atoms with van der Waals surface area (Å²) in [6.45, 7) is -0.994. The number of aromatic hydroxyl groups is 2. The number of benzene rings is 2. The van der Waals surface area contributed by atoms with Gasteiger partial charge in [0, 0.05) is 11.5 Å². The number of Topliss-reactive ketones (excluding diaryl/α,β-unsaturated/α-hetero) is 2. The number of allylic oxidation sites excluding steroid dienone is 2. The Morgan fingerprint density at radius 2 is 1.43 bits per heavy atom. The predicted molar refractivity (Wildman–Crippen MR) is 148 cm³/mol. The Hall–Kier alpha value is -4.57. The quantitative estimate of drug-likeness (QED) is 0.104. The molecule has 14 nitrogen and oxygen atoms in total. The van der Waals surface area contributed by atoms with Crippen molar-refractivity contribution in [2.45, 2.75) is 48.5 Å². The lowest BCUT2D eigenvalue weighted by molar-refractivity contribution is -0.260. The highest BCUT2D eigenvalue weighted by atomic mass is 16.6. The van der Waals surface area contributed by atoms with Crippen LogP contribution in [0.1, 0.15) is 23.5 Å². The average molecular weight is 615 g/mol. The molecule has 14 heteroatoms. The fraction of sp³-hybridized carbons (Fsp3) is 0.300. The number of aliphatic hydroxyl groups is 7. The number of aliphatic hydroxyl groups excluding tert-OH is 6. The van der Waals surface area contributed by atoms with E-state index < -0.39 is 95.3 Å². The first kappa shape index (κ1) is 32.3.